The Bertz CT molecular complexity index is 865. The minimum atomic E-state index is -3.60. The molecule has 2 aromatic carbocycles. The average Bonchev–Trinajstić information content (AvgIpc) is 3.07. The lowest BCUT2D eigenvalue weighted by molar-refractivity contribution is 0.0943. The van der Waals surface area contributed by atoms with Crippen LogP contribution in [0.1, 0.15) is 5.56 Å². The normalized spacial score (nSPS) is 18.8. The van der Waals surface area contributed by atoms with Crippen molar-refractivity contribution in [3.05, 3.63) is 48.0 Å². The van der Waals surface area contributed by atoms with Crippen LogP contribution in [0.25, 0.3) is 0 Å². The van der Waals surface area contributed by atoms with E-state index in [0.717, 1.165) is 17.7 Å². The first kappa shape index (κ1) is 15.3. The van der Waals surface area contributed by atoms with E-state index in [1.165, 1.54) is 0 Å². The van der Waals surface area contributed by atoms with Crippen LogP contribution in [0.15, 0.2) is 47.4 Å². The summed E-state index contributed by atoms with van der Waals surface area (Å²) in [6.07, 6.45) is 0.363. The van der Waals surface area contributed by atoms with E-state index in [0.29, 0.717) is 24.7 Å². The van der Waals surface area contributed by atoms with Crippen LogP contribution in [-0.4, -0.2) is 34.3 Å². The summed E-state index contributed by atoms with van der Waals surface area (Å²) in [7, 11) is -3.60. The highest BCUT2D eigenvalue weighted by Gasteiger charge is 2.24. The molecule has 1 atom stereocenters. The van der Waals surface area contributed by atoms with Gasteiger partial charge in [-0.3, -0.25) is 0 Å². The molecule has 1 N–H and O–H groups in total. The molecule has 0 bridgehead atoms. The van der Waals surface area contributed by atoms with E-state index in [4.69, 9.17) is 14.2 Å². The highest BCUT2D eigenvalue weighted by atomic mass is 32.2. The third-order valence-electron chi connectivity index (χ3n) is 4.04. The minimum Gasteiger partial charge on any atom is -0.493 e. The number of benzene rings is 2. The fourth-order valence-electron chi connectivity index (χ4n) is 2.78. The molecule has 0 spiro atoms. The molecule has 126 valence electrons. The van der Waals surface area contributed by atoms with Crippen LogP contribution in [-0.2, 0) is 16.4 Å². The quantitative estimate of drug-likeness (QED) is 0.912. The maximum absolute atomic E-state index is 12.5. The van der Waals surface area contributed by atoms with Gasteiger partial charge in [-0.25, -0.2) is 13.1 Å². The largest absolute Gasteiger partial charge is 0.493 e. The molecule has 0 radical (unpaired) electrons. The fourth-order valence-corrected chi connectivity index (χ4v) is 3.90. The highest BCUT2D eigenvalue weighted by molar-refractivity contribution is 7.89. The second-order valence-electron chi connectivity index (χ2n) is 5.72. The number of sulfonamides is 1. The van der Waals surface area contributed by atoms with Gasteiger partial charge in [-0.05, 0) is 35.9 Å². The van der Waals surface area contributed by atoms with E-state index in [2.05, 4.69) is 4.72 Å². The molecule has 0 fully saturated rings. The van der Waals surface area contributed by atoms with Crippen molar-refractivity contribution in [1.82, 2.24) is 4.72 Å². The Morgan fingerprint density at radius 1 is 1.04 bits per heavy atom. The van der Waals surface area contributed by atoms with Crippen molar-refractivity contribution < 1.29 is 22.6 Å². The maximum Gasteiger partial charge on any atom is 0.240 e. The van der Waals surface area contributed by atoms with Crippen LogP contribution in [0.4, 0.5) is 0 Å². The highest BCUT2D eigenvalue weighted by Crippen LogP contribution is 2.31. The van der Waals surface area contributed by atoms with Crippen molar-refractivity contribution in [2.24, 2.45) is 0 Å². The van der Waals surface area contributed by atoms with Gasteiger partial charge in [0.05, 0.1) is 18.0 Å². The zero-order valence-electron chi connectivity index (χ0n) is 12.9. The number of hydrogen-bond donors (Lipinski definition) is 1. The van der Waals surface area contributed by atoms with Gasteiger partial charge in [0, 0.05) is 6.42 Å². The molecule has 7 heteroatoms. The van der Waals surface area contributed by atoms with Gasteiger partial charge in [0.25, 0.3) is 0 Å². The Kier molecular flexibility index (Phi) is 3.82. The second-order valence-corrected chi connectivity index (χ2v) is 7.48. The van der Waals surface area contributed by atoms with Gasteiger partial charge >= 0.3 is 0 Å². The molecule has 6 nitrogen and oxygen atoms in total. The molecule has 2 aromatic rings. The summed E-state index contributed by atoms with van der Waals surface area (Å²) >= 11 is 0. The molecule has 0 aliphatic carbocycles. The number of fused-ring (bicyclic) bond motifs is 2. The molecular formula is C17H17NO5S. The van der Waals surface area contributed by atoms with Crippen molar-refractivity contribution in [3.63, 3.8) is 0 Å². The van der Waals surface area contributed by atoms with Crippen LogP contribution in [0.2, 0.25) is 0 Å². The van der Waals surface area contributed by atoms with E-state index in [-0.39, 0.29) is 17.5 Å². The summed E-state index contributed by atoms with van der Waals surface area (Å²) in [6, 6.07) is 12.3. The lowest BCUT2D eigenvalue weighted by atomic mass is 10.2. The summed E-state index contributed by atoms with van der Waals surface area (Å²) in [5.41, 5.74) is 0.920. The zero-order valence-corrected chi connectivity index (χ0v) is 13.7. The first-order chi connectivity index (χ1) is 11.6. The van der Waals surface area contributed by atoms with Crippen molar-refractivity contribution in [1.29, 1.82) is 0 Å². The summed E-state index contributed by atoms with van der Waals surface area (Å²) in [4.78, 5) is 0.240. The monoisotopic (exact) mass is 347 g/mol. The molecule has 0 amide bonds. The first-order valence-corrected chi connectivity index (χ1v) is 9.24. The third kappa shape index (κ3) is 2.92. The smallest absolute Gasteiger partial charge is 0.240 e. The summed E-state index contributed by atoms with van der Waals surface area (Å²) in [5, 5.41) is 0. The number of ether oxygens (including phenoxy) is 3. The number of para-hydroxylation sites is 2. The van der Waals surface area contributed by atoms with Crippen molar-refractivity contribution >= 4 is 10.0 Å². The van der Waals surface area contributed by atoms with Crippen LogP contribution in [0.5, 0.6) is 17.2 Å². The maximum atomic E-state index is 12.5. The number of nitrogens with one attached hydrogen (secondary N) is 1. The standard InChI is InChI=1S/C17H17NO5S/c19-24(20,14-5-6-15-12(9-14)7-8-21-15)18-10-13-11-22-16-3-1-2-4-17(16)23-13/h1-6,9,13,18H,7-8,10-11H2/t13-/m1/s1. The van der Waals surface area contributed by atoms with Gasteiger partial charge in [0.15, 0.2) is 11.5 Å². The van der Waals surface area contributed by atoms with Crippen molar-refractivity contribution in [2.75, 3.05) is 19.8 Å². The molecule has 2 heterocycles. The predicted molar refractivity (Wildman–Crippen MR) is 87.2 cm³/mol. The molecule has 0 saturated carbocycles. The molecule has 0 aromatic heterocycles. The van der Waals surface area contributed by atoms with Gasteiger partial charge in [-0.1, -0.05) is 12.1 Å². The molecular weight excluding hydrogens is 330 g/mol. The molecule has 24 heavy (non-hydrogen) atoms. The second kappa shape index (κ2) is 5.99. The van der Waals surface area contributed by atoms with E-state index in [9.17, 15) is 8.42 Å². The lowest BCUT2D eigenvalue weighted by Gasteiger charge is -2.26. The van der Waals surface area contributed by atoms with E-state index < -0.39 is 10.0 Å². The molecule has 0 unspecified atom stereocenters. The predicted octanol–water partition coefficient (Wildman–Crippen LogP) is 1.74. The van der Waals surface area contributed by atoms with Crippen LogP contribution >= 0.6 is 0 Å². The van der Waals surface area contributed by atoms with E-state index >= 15 is 0 Å². The van der Waals surface area contributed by atoms with Crippen LogP contribution < -0.4 is 18.9 Å². The van der Waals surface area contributed by atoms with Gasteiger partial charge in [0.2, 0.25) is 10.0 Å². The van der Waals surface area contributed by atoms with Crippen molar-refractivity contribution in [2.45, 2.75) is 17.4 Å². The van der Waals surface area contributed by atoms with Crippen LogP contribution in [0.3, 0.4) is 0 Å². The van der Waals surface area contributed by atoms with Crippen molar-refractivity contribution in [3.8, 4) is 17.2 Å². The van der Waals surface area contributed by atoms with Gasteiger partial charge in [-0.2, -0.15) is 0 Å². The first-order valence-electron chi connectivity index (χ1n) is 7.76. The summed E-state index contributed by atoms with van der Waals surface area (Å²) < 4.78 is 44.3. The van der Waals surface area contributed by atoms with Gasteiger partial charge in [-0.15, -0.1) is 0 Å². The molecule has 2 aliphatic heterocycles. The zero-order chi connectivity index (χ0) is 16.6. The topological polar surface area (TPSA) is 73.9 Å². The lowest BCUT2D eigenvalue weighted by Crippen LogP contribution is -2.40. The van der Waals surface area contributed by atoms with E-state index in [1.807, 2.05) is 18.2 Å². The SMILES string of the molecule is O=S(=O)(NC[C@@H]1COc2ccccc2O1)c1ccc2c(c1)CCO2. The summed E-state index contributed by atoms with van der Waals surface area (Å²) in [6.45, 7) is 1.04. The van der Waals surface area contributed by atoms with Gasteiger partial charge in [0.1, 0.15) is 18.5 Å². The fraction of sp³-hybridized carbons (Fsp3) is 0.294. The minimum absolute atomic E-state index is 0.143. The molecule has 2 aliphatic rings. The average molecular weight is 347 g/mol. The van der Waals surface area contributed by atoms with Gasteiger partial charge < -0.3 is 14.2 Å². The Labute approximate surface area is 140 Å². The Hall–Kier alpha value is -2.25. The van der Waals surface area contributed by atoms with E-state index in [1.54, 1.807) is 24.3 Å². The molecule has 4 rings (SSSR count). The van der Waals surface area contributed by atoms with Crippen LogP contribution in [0, 0.1) is 0 Å². The summed E-state index contributed by atoms with van der Waals surface area (Å²) in [5.74, 6) is 2.06. The number of hydrogen-bond acceptors (Lipinski definition) is 5. The number of rotatable bonds is 4. The Morgan fingerprint density at radius 3 is 2.75 bits per heavy atom. The Morgan fingerprint density at radius 2 is 1.88 bits per heavy atom. The molecule has 0 saturated heterocycles. The Balaban J connectivity index is 1.44. The third-order valence-corrected chi connectivity index (χ3v) is 5.46.